The van der Waals surface area contributed by atoms with Gasteiger partial charge in [0.05, 0.1) is 18.4 Å². The molecule has 21 heavy (non-hydrogen) atoms. The number of anilines is 1. The molecule has 0 aliphatic carbocycles. The largest absolute Gasteiger partial charge is 0.320 e. The molecule has 1 amide bonds. The van der Waals surface area contributed by atoms with Crippen molar-refractivity contribution in [3.8, 4) is 11.8 Å². The summed E-state index contributed by atoms with van der Waals surface area (Å²) in [7, 11) is 0. The molecule has 1 aromatic heterocycles. The van der Waals surface area contributed by atoms with Crippen LogP contribution in [0.2, 0.25) is 0 Å². The van der Waals surface area contributed by atoms with Crippen LogP contribution in [0.3, 0.4) is 0 Å². The van der Waals surface area contributed by atoms with E-state index in [0.717, 1.165) is 17.7 Å². The number of aromatic nitrogens is 2. The molecular weight excluding hydrogens is 264 g/mol. The van der Waals surface area contributed by atoms with Crippen LogP contribution in [0.1, 0.15) is 28.4 Å². The fourth-order valence-corrected chi connectivity index (χ4v) is 1.90. The van der Waals surface area contributed by atoms with Crippen LogP contribution in [-0.4, -0.2) is 22.2 Å². The maximum atomic E-state index is 12.3. The molecule has 0 bridgehead atoms. The summed E-state index contributed by atoms with van der Waals surface area (Å²) in [5, 5.41) is 6.97. The Labute approximate surface area is 124 Å². The maximum Gasteiger partial charge on any atom is 0.256 e. The van der Waals surface area contributed by atoms with Gasteiger partial charge >= 0.3 is 0 Å². The molecule has 0 saturated carbocycles. The van der Waals surface area contributed by atoms with E-state index in [0.29, 0.717) is 17.8 Å². The SMILES string of the molecule is CCn1cc(NC(=O)c2cc(C#CCN)ccc2C)cn1. The minimum atomic E-state index is -0.167. The van der Waals surface area contributed by atoms with E-state index in [1.54, 1.807) is 23.1 Å². The Morgan fingerprint density at radius 1 is 1.48 bits per heavy atom. The molecular formula is C16H18N4O. The second-order valence-electron chi connectivity index (χ2n) is 4.57. The fraction of sp³-hybridized carbons (Fsp3) is 0.250. The van der Waals surface area contributed by atoms with Gasteiger partial charge in [-0.25, -0.2) is 0 Å². The first kappa shape index (κ1) is 14.8. The predicted octanol–water partition coefficient (Wildman–Crippen LogP) is 1.77. The Balaban J connectivity index is 2.21. The third-order valence-corrected chi connectivity index (χ3v) is 3.03. The van der Waals surface area contributed by atoms with E-state index in [1.807, 2.05) is 26.0 Å². The molecule has 108 valence electrons. The van der Waals surface area contributed by atoms with Crippen molar-refractivity contribution >= 4 is 11.6 Å². The Hall–Kier alpha value is -2.58. The molecule has 0 saturated heterocycles. The topological polar surface area (TPSA) is 72.9 Å². The van der Waals surface area contributed by atoms with Crippen LogP contribution in [0.5, 0.6) is 0 Å². The summed E-state index contributed by atoms with van der Waals surface area (Å²) in [5.41, 5.74) is 8.32. The highest BCUT2D eigenvalue weighted by molar-refractivity contribution is 6.05. The van der Waals surface area contributed by atoms with E-state index in [-0.39, 0.29) is 5.91 Å². The molecule has 5 heteroatoms. The normalized spacial score (nSPS) is 9.86. The Bertz CT molecular complexity index is 707. The Morgan fingerprint density at radius 2 is 2.29 bits per heavy atom. The van der Waals surface area contributed by atoms with Crippen LogP contribution in [0, 0.1) is 18.8 Å². The van der Waals surface area contributed by atoms with E-state index < -0.39 is 0 Å². The summed E-state index contributed by atoms with van der Waals surface area (Å²) in [4.78, 5) is 12.3. The molecule has 2 rings (SSSR count). The van der Waals surface area contributed by atoms with Crippen LogP contribution >= 0.6 is 0 Å². The lowest BCUT2D eigenvalue weighted by molar-refractivity contribution is 0.102. The van der Waals surface area contributed by atoms with E-state index >= 15 is 0 Å². The van der Waals surface area contributed by atoms with Gasteiger partial charge < -0.3 is 11.1 Å². The van der Waals surface area contributed by atoms with Crippen LogP contribution in [0.4, 0.5) is 5.69 Å². The molecule has 1 heterocycles. The van der Waals surface area contributed by atoms with Crippen molar-refractivity contribution in [1.29, 1.82) is 0 Å². The van der Waals surface area contributed by atoms with E-state index in [1.165, 1.54) is 0 Å². The van der Waals surface area contributed by atoms with Gasteiger partial charge in [-0.1, -0.05) is 17.9 Å². The van der Waals surface area contributed by atoms with Gasteiger partial charge in [-0.05, 0) is 31.5 Å². The van der Waals surface area contributed by atoms with E-state index in [2.05, 4.69) is 22.3 Å². The number of amides is 1. The molecule has 0 spiro atoms. The summed E-state index contributed by atoms with van der Waals surface area (Å²) >= 11 is 0. The molecule has 0 aliphatic heterocycles. The van der Waals surface area contributed by atoms with Crippen LogP contribution < -0.4 is 11.1 Å². The van der Waals surface area contributed by atoms with Gasteiger partial charge in [0.1, 0.15) is 0 Å². The average molecular weight is 282 g/mol. The van der Waals surface area contributed by atoms with E-state index in [9.17, 15) is 4.79 Å². The maximum absolute atomic E-state index is 12.3. The van der Waals surface area contributed by atoms with Gasteiger partial charge in [-0.3, -0.25) is 9.48 Å². The monoisotopic (exact) mass is 282 g/mol. The third-order valence-electron chi connectivity index (χ3n) is 3.03. The lowest BCUT2D eigenvalue weighted by atomic mass is 10.0. The van der Waals surface area contributed by atoms with Crippen molar-refractivity contribution in [2.45, 2.75) is 20.4 Å². The highest BCUT2D eigenvalue weighted by Gasteiger charge is 2.10. The number of carbonyl (C=O) groups is 1. The molecule has 0 unspecified atom stereocenters. The second-order valence-corrected chi connectivity index (χ2v) is 4.57. The van der Waals surface area contributed by atoms with Gasteiger partial charge in [0.15, 0.2) is 0 Å². The summed E-state index contributed by atoms with van der Waals surface area (Å²) < 4.78 is 1.76. The van der Waals surface area contributed by atoms with Crippen molar-refractivity contribution in [2.75, 3.05) is 11.9 Å². The highest BCUT2D eigenvalue weighted by Crippen LogP contribution is 2.14. The number of hydrogen-bond acceptors (Lipinski definition) is 3. The zero-order valence-electron chi connectivity index (χ0n) is 12.2. The van der Waals surface area contributed by atoms with Gasteiger partial charge in [0, 0.05) is 23.9 Å². The number of nitrogens with one attached hydrogen (secondary N) is 1. The molecule has 0 aliphatic rings. The number of nitrogens with zero attached hydrogens (tertiary/aromatic N) is 2. The number of nitrogens with two attached hydrogens (primary N) is 1. The van der Waals surface area contributed by atoms with Gasteiger partial charge in [-0.15, -0.1) is 0 Å². The molecule has 0 atom stereocenters. The van der Waals surface area contributed by atoms with Crippen molar-refractivity contribution in [2.24, 2.45) is 5.73 Å². The number of carbonyl (C=O) groups excluding carboxylic acids is 1. The van der Waals surface area contributed by atoms with Crippen molar-refractivity contribution < 1.29 is 4.79 Å². The quantitative estimate of drug-likeness (QED) is 0.843. The van der Waals surface area contributed by atoms with Crippen LogP contribution in [-0.2, 0) is 6.54 Å². The van der Waals surface area contributed by atoms with Crippen molar-refractivity contribution in [3.05, 3.63) is 47.3 Å². The van der Waals surface area contributed by atoms with Crippen LogP contribution in [0.25, 0.3) is 0 Å². The third kappa shape index (κ3) is 3.71. The summed E-state index contributed by atoms with van der Waals surface area (Å²) in [6.07, 6.45) is 3.43. The van der Waals surface area contributed by atoms with Gasteiger partial charge in [0.2, 0.25) is 0 Å². The Kier molecular flexibility index (Phi) is 4.75. The smallest absolute Gasteiger partial charge is 0.256 e. The molecule has 0 radical (unpaired) electrons. The number of aryl methyl sites for hydroxylation is 2. The standard InChI is InChI=1S/C16H18N4O/c1-3-20-11-14(10-18-20)19-16(21)15-9-13(5-4-8-17)7-6-12(15)2/h6-7,9-11H,3,8,17H2,1-2H3,(H,19,21). The van der Waals surface area contributed by atoms with Crippen molar-refractivity contribution in [1.82, 2.24) is 9.78 Å². The predicted molar refractivity (Wildman–Crippen MR) is 83.0 cm³/mol. The zero-order chi connectivity index (χ0) is 15.2. The van der Waals surface area contributed by atoms with Gasteiger partial charge in [0.25, 0.3) is 5.91 Å². The molecule has 0 fully saturated rings. The fourth-order valence-electron chi connectivity index (χ4n) is 1.90. The molecule has 1 aromatic carbocycles. The lowest BCUT2D eigenvalue weighted by Crippen LogP contribution is -2.13. The summed E-state index contributed by atoms with van der Waals surface area (Å²) in [6.45, 7) is 4.94. The highest BCUT2D eigenvalue weighted by atomic mass is 16.1. The van der Waals surface area contributed by atoms with Crippen LogP contribution in [0.15, 0.2) is 30.6 Å². The zero-order valence-corrected chi connectivity index (χ0v) is 12.2. The minimum absolute atomic E-state index is 0.167. The number of benzene rings is 1. The summed E-state index contributed by atoms with van der Waals surface area (Å²) in [6, 6.07) is 5.53. The molecule has 2 aromatic rings. The molecule has 3 N–H and O–H groups in total. The van der Waals surface area contributed by atoms with Gasteiger partial charge in [-0.2, -0.15) is 5.10 Å². The number of rotatable bonds is 3. The Morgan fingerprint density at radius 3 is 2.95 bits per heavy atom. The second kappa shape index (κ2) is 6.73. The first-order valence-electron chi connectivity index (χ1n) is 6.77. The molecule has 5 nitrogen and oxygen atoms in total. The van der Waals surface area contributed by atoms with Crippen molar-refractivity contribution in [3.63, 3.8) is 0 Å². The first-order chi connectivity index (χ1) is 10.1. The average Bonchev–Trinajstić information content (AvgIpc) is 2.94. The summed E-state index contributed by atoms with van der Waals surface area (Å²) in [5.74, 6) is 5.55. The number of hydrogen-bond donors (Lipinski definition) is 2. The first-order valence-corrected chi connectivity index (χ1v) is 6.77. The minimum Gasteiger partial charge on any atom is -0.320 e. The lowest BCUT2D eigenvalue weighted by Gasteiger charge is -2.06. The van der Waals surface area contributed by atoms with E-state index in [4.69, 9.17) is 5.73 Å².